The lowest BCUT2D eigenvalue weighted by atomic mass is 10.1. The number of aliphatic imine (C=N–C) groups is 1. The van der Waals surface area contributed by atoms with Crippen LogP contribution in [0.4, 0.5) is 0 Å². The summed E-state index contributed by atoms with van der Waals surface area (Å²) in [7, 11) is 5.48. The van der Waals surface area contributed by atoms with E-state index in [2.05, 4.69) is 51.7 Å². The van der Waals surface area contributed by atoms with E-state index in [4.69, 9.17) is 0 Å². The van der Waals surface area contributed by atoms with Gasteiger partial charge in [0.05, 0.1) is 6.04 Å². The van der Waals surface area contributed by atoms with Crippen molar-refractivity contribution in [3.05, 3.63) is 35.4 Å². The Morgan fingerprint density at radius 1 is 1.26 bits per heavy atom. The molecule has 2 rings (SSSR count). The molecule has 0 radical (unpaired) electrons. The Balaban J connectivity index is 1.73. The fraction of sp³-hybridized carbons (Fsp3) is 0.619. The number of likely N-dealkylation sites (tertiary alicyclic amines) is 1. The third-order valence-electron chi connectivity index (χ3n) is 5.17. The lowest BCUT2D eigenvalue weighted by Crippen LogP contribution is -2.44. The number of carbonyl (C=O) groups excluding carboxylic acids is 1. The predicted molar refractivity (Wildman–Crippen MR) is 112 cm³/mol. The van der Waals surface area contributed by atoms with Gasteiger partial charge in [-0.05, 0) is 43.4 Å². The summed E-state index contributed by atoms with van der Waals surface area (Å²) < 4.78 is 0. The Morgan fingerprint density at radius 3 is 2.67 bits per heavy atom. The van der Waals surface area contributed by atoms with Gasteiger partial charge in [0.15, 0.2) is 5.96 Å². The zero-order valence-corrected chi connectivity index (χ0v) is 17.3. The van der Waals surface area contributed by atoms with E-state index in [1.807, 2.05) is 14.1 Å². The predicted octanol–water partition coefficient (Wildman–Crippen LogP) is 1.86. The lowest BCUT2D eigenvalue weighted by molar-refractivity contribution is -0.133. The van der Waals surface area contributed by atoms with Crippen LogP contribution in [-0.4, -0.2) is 68.5 Å². The van der Waals surface area contributed by atoms with E-state index >= 15 is 0 Å². The number of aryl methyl sites for hydroxylation is 1. The number of carbonyl (C=O) groups is 1. The zero-order valence-electron chi connectivity index (χ0n) is 17.3. The summed E-state index contributed by atoms with van der Waals surface area (Å²) in [6, 6.07) is 8.56. The van der Waals surface area contributed by atoms with Crippen molar-refractivity contribution in [1.82, 2.24) is 20.4 Å². The molecule has 1 unspecified atom stereocenters. The van der Waals surface area contributed by atoms with Gasteiger partial charge in [-0.2, -0.15) is 0 Å². The van der Waals surface area contributed by atoms with E-state index in [9.17, 15) is 4.79 Å². The van der Waals surface area contributed by atoms with Crippen LogP contribution in [0.1, 0.15) is 37.3 Å². The summed E-state index contributed by atoms with van der Waals surface area (Å²) in [5.74, 6) is 1.05. The first-order valence-corrected chi connectivity index (χ1v) is 10.0. The Labute approximate surface area is 164 Å². The minimum atomic E-state index is 0.0583. The third kappa shape index (κ3) is 6.24. The Morgan fingerprint density at radius 2 is 2.00 bits per heavy atom. The maximum absolute atomic E-state index is 12.3. The minimum absolute atomic E-state index is 0.0583. The molecule has 1 aliphatic heterocycles. The Bertz CT molecular complexity index is 629. The molecule has 1 aliphatic rings. The van der Waals surface area contributed by atoms with Gasteiger partial charge in [0.25, 0.3) is 0 Å². The number of nitrogens with zero attached hydrogens (tertiary/aromatic N) is 3. The number of likely N-dealkylation sites (N-methyl/N-ethyl adjacent to an activating group) is 1. The highest BCUT2D eigenvalue weighted by Crippen LogP contribution is 2.18. The van der Waals surface area contributed by atoms with Gasteiger partial charge in [-0.25, -0.2) is 0 Å². The number of amides is 1. The van der Waals surface area contributed by atoms with Crippen molar-refractivity contribution >= 4 is 11.9 Å². The second-order valence-corrected chi connectivity index (χ2v) is 7.26. The number of hydrogen-bond acceptors (Lipinski definition) is 3. The lowest BCUT2D eigenvalue weighted by Gasteiger charge is -2.26. The third-order valence-corrected chi connectivity index (χ3v) is 5.17. The van der Waals surface area contributed by atoms with Crippen LogP contribution < -0.4 is 10.6 Å². The van der Waals surface area contributed by atoms with Gasteiger partial charge in [-0.1, -0.05) is 31.2 Å². The molecule has 6 heteroatoms. The minimum Gasteiger partial charge on any atom is -0.356 e. The Hall–Kier alpha value is -2.08. The first-order chi connectivity index (χ1) is 13.1. The average Bonchev–Trinajstić information content (AvgIpc) is 3.15. The molecule has 0 bridgehead atoms. The molecule has 1 atom stereocenters. The highest BCUT2D eigenvalue weighted by atomic mass is 16.2. The molecule has 2 N–H and O–H groups in total. The molecule has 1 heterocycles. The van der Waals surface area contributed by atoms with Crippen molar-refractivity contribution in [2.24, 2.45) is 4.99 Å². The molecule has 150 valence electrons. The molecule has 1 amide bonds. The summed E-state index contributed by atoms with van der Waals surface area (Å²) in [6.45, 7) is 5.75. The SMILES string of the molecule is CCc1ccccc1CNC(=NC)NCCCN1CCCC1C(=O)N(C)C. The fourth-order valence-electron chi connectivity index (χ4n) is 3.63. The van der Waals surface area contributed by atoms with Gasteiger partial charge in [0.2, 0.25) is 5.91 Å². The van der Waals surface area contributed by atoms with Crippen molar-refractivity contribution in [2.45, 2.75) is 45.2 Å². The van der Waals surface area contributed by atoms with Gasteiger partial charge in [0, 0.05) is 40.8 Å². The second-order valence-electron chi connectivity index (χ2n) is 7.26. The molecule has 1 saturated heterocycles. The largest absolute Gasteiger partial charge is 0.356 e. The van der Waals surface area contributed by atoms with E-state index in [-0.39, 0.29) is 11.9 Å². The smallest absolute Gasteiger partial charge is 0.239 e. The van der Waals surface area contributed by atoms with Crippen LogP contribution >= 0.6 is 0 Å². The molecule has 0 saturated carbocycles. The molecule has 1 fully saturated rings. The number of hydrogen-bond donors (Lipinski definition) is 2. The highest BCUT2D eigenvalue weighted by molar-refractivity contribution is 5.81. The van der Waals surface area contributed by atoms with Gasteiger partial charge in [-0.3, -0.25) is 14.7 Å². The van der Waals surface area contributed by atoms with E-state index < -0.39 is 0 Å². The van der Waals surface area contributed by atoms with Crippen LogP contribution in [0, 0.1) is 0 Å². The first kappa shape index (κ1) is 21.2. The number of guanidine groups is 1. The first-order valence-electron chi connectivity index (χ1n) is 10.0. The Kier molecular flexibility index (Phi) is 8.58. The van der Waals surface area contributed by atoms with Crippen LogP contribution in [0.5, 0.6) is 0 Å². The number of nitrogens with one attached hydrogen (secondary N) is 2. The van der Waals surface area contributed by atoms with Crippen molar-refractivity contribution in [2.75, 3.05) is 40.8 Å². The summed E-state index contributed by atoms with van der Waals surface area (Å²) >= 11 is 0. The monoisotopic (exact) mass is 373 g/mol. The van der Waals surface area contributed by atoms with Crippen molar-refractivity contribution in [1.29, 1.82) is 0 Å². The summed E-state index contributed by atoms with van der Waals surface area (Å²) in [4.78, 5) is 20.6. The standard InChI is InChI=1S/C21H35N5O/c1-5-17-10-6-7-11-18(17)16-24-21(22-2)23-13-9-15-26-14-8-12-19(26)20(27)25(3)4/h6-7,10-11,19H,5,8-9,12-16H2,1-4H3,(H2,22,23,24). The molecular weight excluding hydrogens is 338 g/mol. The van der Waals surface area contributed by atoms with Crippen molar-refractivity contribution in [3.8, 4) is 0 Å². The van der Waals surface area contributed by atoms with E-state index in [0.29, 0.717) is 0 Å². The number of rotatable bonds is 8. The molecule has 1 aromatic rings. The second kappa shape index (κ2) is 10.9. The molecule has 1 aromatic carbocycles. The van der Waals surface area contributed by atoms with E-state index in [1.54, 1.807) is 11.9 Å². The molecule has 0 aromatic heterocycles. The maximum atomic E-state index is 12.3. The summed E-state index contributed by atoms with van der Waals surface area (Å²) in [6.07, 6.45) is 4.11. The molecule has 0 spiro atoms. The summed E-state index contributed by atoms with van der Waals surface area (Å²) in [5.41, 5.74) is 2.68. The van der Waals surface area contributed by atoms with Gasteiger partial charge in [-0.15, -0.1) is 0 Å². The highest BCUT2D eigenvalue weighted by Gasteiger charge is 2.30. The van der Waals surface area contributed by atoms with Gasteiger partial charge >= 0.3 is 0 Å². The van der Waals surface area contributed by atoms with Crippen LogP contribution in [-0.2, 0) is 17.8 Å². The van der Waals surface area contributed by atoms with E-state index in [1.165, 1.54) is 11.1 Å². The van der Waals surface area contributed by atoms with Crippen LogP contribution in [0.3, 0.4) is 0 Å². The zero-order chi connectivity index (χ0) is 19.6. The summed E-state index contributed by atoms with van der Waals surface area (Å²) in [5, 5.41) is 6.78. The normalized spacial score (nSPS) is 17.8. The topological polar surface area (TPSA) is 60.0 Å². The maximum Gasteiger partial charge on any atom is 0.239 e. The molecular formula is C21H35N5O. The van der Waals surface area contributed by atoms with Gasteiger partial charge < -0.3 is 15.5 Å². The van der Waals surface area contributed by atoms with Crippen LogP contribution in [0.2, 0.25) is 0 Å². The molecule has 27 heavy (non-hydrogen) atoms. The van der Waals surface area contributed by atoms with Gasteiger partial charge in [0.1, 0.15) is 0 Å². The van der Waals surface area contributed by atoms with Crippen molar-refractivity contribution in [3.63, 3.8) is 0 Å². The average molecular weight is 374 g/mol. The fourth-order valence-corrected chi connectivity index (χ4v) is 3.63. The quantitative estimate of drug-likeness (QED) is 0.415. The van der Waals surface area contributed by atoms with Crippen LogP contribution in [0.15, 0.2) is 29.3 Å². The molecule has 6 nitrogen and oxygen atoms in total. The molecule has 0 aliphatic carbocycles. The van der Waals surface area contributed by atoms with Crippen LogP contribution in [0.25, 0.3) is 0 Å². The van der Waals surface area contributed by atoms with E-state index in [0.717, 1.165) is 57.8 Å². The van der Waals surface area contributed by atoms with Crippen molar-refractivity contribution < 1.29 is 4.79 Å². The number of benzene rings is 1.